The molecule has 1 aromatic carbocycles. The number of tetrazole rings is 1. The summed E-state index contributed by atoms with van der Waals surface area (Å²) < 4.78 is 2.00. The van der Waals surface area contributed by atoms with Gasteiger partial charge in [-0.1, -0.05) is 25.5 Å². The largest absolute Gasteiger partial charge is 0.369 e. The first-order valence-corrected chi connectivity index (χ1v) is 10.2. The maximum absolute atomic E-state index is 4.43. The van der Waals surface area contributed by atoms with Crippen LogP contribution in [0.3, 0.4) is 0 Å². The molecule has 1 aliphatic heterocycles. The van der Waals surface area contributed by atoms with E-state index in [1.54, 1.807) is 0 Å². The fourth-order valence-corrected chi connectivity index (χ4v) is 3.98. The summed E-state index contributed by atoms with van der Waals surface area (Å²) >= 11 is 0. The molecule has 1 atom stereocenters. The minimum Gasteiger partial charge on any atom is -0.369 e. The fraction of sp³-hybridized carbons (Fsp3) is 0.667. The average molecular weight is 371 g/mol. The zero-order chi connectivity index (χ0) is 19.6. The predicted molar refractivity (Wildman–Crippen MR) is 110 cm³/mol. The molecule has 148 valence electrons. The van der Waals surface area contributed by atoms with Crippen LogP contribution in [0.2, 0.25) is 0 Å². The lowest BCUT2D eigenvalue weighted by atomic mass is 10.0. The molecule has 27 heavy (non-hydrogen) atoms. The Kier molecular flexibility index (Phi) is 5.84. The van der Waals surface area contributed by atoms with E-state index in [1.807, 2.05) is 4.68 Å². The van der Waals surface area contributed by atoms with E-state index >= 15 is 0 Å². The van der Waals surface area contributed by atoms with E-state index in [4.69, 9.17) is 0 Å². The van der Waals surface area contributed by atoms with Gasteiger partial charge in [-0.15, -0.1) is 5.10 Å². The van der Waals surface area contributed by atoms with Crippen LogP contribution in [0.1, 0.15) is 63.5 Å². The number of aryl methyl sites for hydroxylation is 1. The summed E-state index contributed by atoms with van der Waals surface area (Å²) in [6, 6.07) is 6.90. The molecule has 1 fully saturated rings. The molecular weight excluding hydrogens is 336 g/mol. The van der Waals surface area contributed by atoms with Crippen molar-refractivity contribution in [1.82, 2.24) is 25.1 Å². The standard InChI is InChI=1S/C21H34N6/c1-7-9-19(20-22-23-24-27(20)21(4,5)6)26-14-12-25(13-15-26)18-11-8-10-16(2)17(18)3/h8,10-11,19H,7,9,12-15H2,1-6H3/t19-/m0/s1. The number of hydrogen-bond donors (Lipinski definition) is 0. The van der Waals surface area contributed by atoms with Gasteiger partial charge in [0.1, 0.15) is 0 Å². The summed E-state index contributed by atoms with van der Waals surface area (Å²) in [5, 5.41) is 12.7. The maximum atomic E-state index is 4.43. The highest BCUT2D eigenvalue weighted by Gasteiger charge is 2.31. The molecule has 2 aromatic rings. The predicted octanol–water partition coefficient (Wildman–Crippen LogP) is 3.71. The van der Waals surface area contributed by atoms with Crippen LogP contribution in [0.5, 0.6) is 0 Å². The Morgan fingerprint density at radius 2 is 1.78 bits per heavy atom. The van der Waals surface area contributed by atoms with E-state index in [0.717, 1.165) is 44.8 Å². The van der Waals surface area contributed by atoms with Gasteiger partial charge in [0.15, 0.2) is 5.82 Å². The average Bonchev–Trinajstić information content (AvgIpc) is 3.12. The number of piperazine rings is 1. The van der Waals surface area contributed by atoms with Crippen molar-refractivity contribution in [2.75, 3.05) is 31.1 Å². The molecule has 3 rings (SSSR count). The zero-order valence-corrected chi connectivity index (χ0v) is 17.7. The van der Waals surface area contributed by atoms with Crippen LogP contribution in [0.25, 0.3) is 0 Å². The third-order valence-corrected chi connectivity index (χ3v) is 5.66. The Balaban J connectivity index is 1.77. The number of rotatable bonds is 5. The molecule has 0 saturated carbocycles. The summed E-state index contributed by atoms with van der Waals surface area (Å²) in [5.41, 5.74) is 4.03. The lowest BCUT2D eigenvalue weighted by Gasteiger charge is -2.40. The van der Waals surface area contributed by atoms with Crippen LogP contribution in [-0.2, 0) is 5.54 Å². The molecule has 1 saturated heterocycles. The lowest BCUT2D eigenvalue weighted by molar-refractivity contribution is 0.156. The molecule has 1 aromatic heterocycles. The summed E-state index contributed by atoms with van der Waals surface area (Å²) in [6.07, 6.45) is 2.21. The summed E-state index contributed by atoms with van der Waals surface area (Å²) in [6.45, 7) is 17.3. The first-order chi connectivity index (χ1) is 12.8. The van der Waals surface area contributed by atoms with Crippen molar-refractivity contribution in [1.29, 1.82) is 0 Å². The van der Waals surface area contributed by atoms with Crippen LogP contribution in [-0.4, -0.2) is 51.3 Å². The third kappa shape index (κ3) is 4.15. The molecule has 0 bridgehead atoms. The molecule has 0 radical (unpaired) electrons. The molecule has 0 unspecified atom stereocenters. The molecular formula is C21H34N6. The van der Waals surface area contributed by atoms with Gasteiger partial charge in [0.05, 0.1) is 11.6 Å². The van der Waals surface area contributed by atoms with Crippen molar-refractivity contribution < 1.29 is 0 Å². The minimum atomic E-state index is -0.106. The summed E-state index contributed by atoms with van der Waals surface area (Å²) in [7, 11) is 0. The molecule has 1 aliphatic rings. The Morgan fingerprint density at radius 3 is 2.41 bits per heavy atom. The van der Waals surface area contributed by atoms with Gasteiger partial charge in [-0.25, -0.2) is 4.68 Å². The van der Waals surface area contributed by atoms with Crippen molar-refractivity contribution in [2.24, 2.45) is 0 Å². The highest BCUT2D eigenvalue weighted by molar-refractivity contribution is 5.56. The first kappa shape index (κ1) is 19.8. The molecule has 0 aliphatic carbocycles. The van der Waals surface area contributed by atoms with Gasteiger partial charge in [0.25, 0.3) is 0 Å². The van der Waals surface area contributed by atoms with Crippen molar-refractivity contribution in [2.45, 2.75) is 66.0 Å². The molecule has 0 N–H and O–H groups in total. The summed E-state index contributed by atoms with van der Waals surface area (Å²) in [5.74, 6) is 1.00. The molecule has 6 heteroatoms. The first-order valence-electron chi connectivity index (χ1n) is 10.2. The van der Waals surface area contributed by atoms with Gasteiger partial charge < -0.3 is 4.90 Å². The van der Waals surface area contributed by atoms with E-state index < -0.39 is 0 Å². The number of anilines is 1. The van der Waals surface area contributed by atoms with Crippen LogP contribution in [0, 0.1) is 13.8 Å². The molecule has 6 nitrogen and oxygen atoms in total. The molecule has 0 spiro atoms. The highest BCUT2D eigenvalue weighted by Crippen LogP contribution is 2.30. The van der Waals surface area contributed by atoms with Crippen molar-refractivity contribution in [3.63, 3.8) is 0 Å². The molecule has 0 amide bonds. The van der Waals surface area contributed by atoms with E-state index in [-0.39, 0.29) is 11.6 Å². The fourth-order valence-electron chi connectivity index (χ4n) is 3.98. The molecule has 2 heterocycles. The Bertz CT molecular complexity index is 752. The SMILES string of the molecule is CCC[C@@H](c1nnnn1C(C)(C)C)N1CCN(c2cccc(C)c2C)CC1. The maximum Gasteiger partial charge on any atom is 0.168 e. The van der Waals surface area contributed by atoms with Gasteiger partial charge in [-0.2, -0.15) is 0 Å². The van der Waals surface area contributed by atoms with Crippen LogP contribution >= 0.6 is 0 Å². The second-order valence-electron chi connectivity index (χ2n) is 8.67. The zero-order valence-electron chi connectivity index (χ0n) is 17.7. The van der Waals surface area contributed by atoms with Crippen LogP contribution in [0.4, 0.5) is 5.69 Å². The lowest BCUT2D eigenvalue weighted by Crippen LogP contribution is -2.48. The minimum absolute atomic E-state index is 0.106. The van der Waals surface area contributed by atoms with Crippen molar-refractivity contribution in [3.8, 4) is 0 Å². The van der Waals surface area contributed by atoms with E-state index in [0.29, 0.717) is 0 Å². The monoisotopic (exact) mass is 370 g/mol. The highest BCUT2D eigenvalue weighted by atomic mass is 15.6. The topological polar surface area (TPSA) is 50.1 Å². The van der Waals surface area contributed by atoms with Gasteiger partial charge in [0.2, 0.25) is 0 Å². The van der Waals surface area contributed by atoms with Gasteiger partial charge in [-0.05, 0) is 68.7 Å². The Hall–Kier alpha value is -1.95. The number of aromatic nitrogens is 4. The number of hydrogen-bond acceptors (Lipinski definition) is 5. The Labute approximate surface area is 163 Å². The van der Waals surface area contributed by atoms with E-state index in [1.165, 1.54) is 16.8 Å². The second kappa shape index (κ2) is 7.97. The summed E-state index contributed by atoms with van der Waals surface area (Å²) in [4.78, 5) is 5.09. The normalized spacial score (nSPS) is 17.3. The van der Waals surface area contributed by atoms with Crippen LogP contribution < -0.4 is 4.90 Å². The van der Waals surface area contributed by atoms with Gasteiger partial charge in [0, 0.05) is 31.9 Å². The van der Waals surface area contributed by atoms with Crippen LogP contribution in [0.15, 0.2) is 18.2 Å². The quantitative estimate of drug-likeness (QED) is 0.803. The number of nitrogens with zero attached hydrogens (tertiary/aromatic N) is 6. The smallest absolute Gasteiger partial charge is 0.168 e. The van der Waals surface area contributed by atoms with Crippen molar-refractivity contribution in [3.05, 3.63) is 35.2 Å². The Morgan fingerprint density at radius 1 is 1.07 bits per heavy atom. The van der Waals surface area contributed by atoms with E-state index in [9.17, 15) is 0 Å². The van der Waals surface area contributed by atoms with E-state index in [2.05, 4.69) is 85.1 Å². The van der Waals surface area contributed by atoms with Gasteiger partial charge in [-0.3, -0.25) is 4.90 Å². The van der Waals surface area contributed by atoms with Crippen molar-refractivity contribution >= 4 is 5.69 Å². The van der Waals surface area contributed by atoms with Gasteiger partial charge >= 0.3 is 0 Å². The second-order valence-corrected chi connectivity index (χ2v) is 8.67. The number of benzene rings is 1. The third-order valence-electron chi connectivity index (χ3n) is 5.66.